The second-order valence-electron chi connectivity index (χ2n) is 5.89. The van der Waals surface area contributed by atoms with Gasteiger partial charge in [-0.25, -0.2) is 0 Å². The second kappa shape index (κ2) is 5.50. The van der Waals surface area contributed by atoms with Crippen LogP contribution in [-0.4, -0.2) is 30.1 Å². The molecule has 0 radical (unpaired) electrons. The van der Waals surface area contributed by atoms with Crippen molar-refractivity contribution in [3.63, 3.8) is 0 Å². The lowest BCUT2D eigenvalue weighted by Gasteiger charge is -2.49. The molecule has 2 fully saturated rings. The molecule has 0 bridgehead atoms. The third-order valence-corrected chi connectivity index (χ3v) is 5.03. The molecule has 0 aromatic carbocycles. The lowest BCUT2D eigenvalue weighted by Crippen LogP contribution is -2.57. The fourth-order valence-electron chi connectivity index (χ4n) is 3.43. The van der Waals surface area contributed by atoms with E-state index in [2.05, 4.69) is 11.9 Å². The van der Waals surface area contributed by atoms with Gasteiger partial charge in [-0.1, -0.05) is 38.5 Å². The molecule has 2 saturated carbocycles. The third kappa shape index (κ3) is 2.43. The molecule has 2 aliphatic rings. The molecular formula is C14H28N2. The summed E-state index contributed by atoms with van der Waals surface area (Å²) in [6.07, 6.45) is 13.9. The SMILES string of the molecule is CN(C1CCC1)C1(CN)CCCCCCC1. The minimum atomic E-state index is 0.339. The molecule has 0 aromatic heterocycles. The molecule has 16 heavy (non-hydrogen) atoms. The Morgan fingerprint density at radius 2 is 1.56 bits per heavy atom. The van der Waals surface area contributed by atoms with Crippen molar-refractivity contribution in [1.82, 2.24) is 4.90 Å². The number of hydrogen-bond donors (Lipinski definition) is 1. The standard InChI is InChI=1S/C14H28N2/c1-16(13-8-7-9-13)14(12-15)10-5-3-2-4-6-11-14/h13H,2-12,15H2,1H3. The maximum atomic E-state index is 6.13. The molecule has 0 spiro atoms. The molecule has 0 heterocycles. The van der Waals surface area contributed by atoms with Crippen LogP contribution in [0.15, 0.2) is 0 Å². The summed E-state index contributed by atoms with van der Waals surface area (Å²) in [5.74, 6) is 0. The number of nitrogens with zero attached hydrogens (tertiary/aromatic N) is 1. The van der Waals surface area contributed by atoms with Crippen molar-refractivity contribution in [2.75, 3.05) is 13.6 Å². The number of likely N-dealkylation sites (N-methyl/N-ethyl adjacent to an activating group) is 1. The fourth-order valence-corrected chi connectivity index (χ4v) is 3.43. The zero-order chi connectivity index (χ0) is 11.4. The lowest BCUT2D eigenvalue weighted by atomic mass is 9.79. The summed E-state index contributed by atoms with van der Waals surface area (Å²) in [4.78, 5) is 2.65. The second-order valence-corrected chi connectivity index (χ2v) is 5.89. The number of nitrogens with two attached hydrogens (primary N) is 1. The van der Waals surface area contributed by atoms with Gasteiger partial charge in [0, 0.05) is 18.1 Å². The molecule has 2 N–H and O–H groups in total. The Labute approximate surface area is 101 Å². The molecular weight excluding hydrogens is 196 g/mol. The highest BCUT2D eigenvalue weighted by Crippen LogP contribution is 2.36. The maximum absolute atomic E-state index is 6.13. The predicted molar refractivity (Wildman–Crippen MR) is 69.5 cm³/mol. The van der Waals surface area contributed by atoms with Gasteiger partial charge >= 0.3 is 0 Å². The molecule has 0 aliphatic heterocycles. The van der Waals surface area contributed by atoms with Crippen LogP contribution in [0.2, 0.25) is 0 Å². The van der Waals surface area contributed by atoms with E-state index >= 15 is 0 Å². The van der Waals surface area contributed by atoms with Gasteiger partial charge in [0.25, 0.3) is 0 Å². The summed E-state index contributed by atoms with van der Waals surface area (Å²) in [5, 5.41) is 0. The van der Waals surface area contributed by atoms with Crippen LogP contribution >= 0.6 is 0 Å². The summed E-state index contributed by atoms with van der Waals surface area (Å²) in [7, 11) is 2.33. The van der Waals surface area contributed by atoms with Gasteiger partial charge in [0.15, 0.2) is 0 Å². The Hall–Kier alpha value is -0.0800. The molecule has 2 heteroatoms. The Morgan fingerprint density at radius 3 is 2.00 bits per heavy atom. The van der Waals surface area contributed by atoms with E-state index in [0.717, 1.165) is 12.6 Å². The topological polar surface area (TPSA) is 29.3 Å². The number of hydrogen-bond acceptors (Lipinski definition) is 2. The largest absolute Gasteiger partial charge is 0.329 e. The van der Waals surface area contributed by atoms with Crippen molar-refractivity contribution < 1.29 is 0 Å². The average molecular weight is 224 g/mol. The van der Waals surface area contributed by atoms with E-state index in [-0.39, 0.29) is 0 Å². The summed E-state index contributed by atoms with van der Waals surface area (Å²) >= 11 is 0. The average Bonchev–Trinajstić information content (AvgIpc) is 2.15. The highest BCUT2D eigenvalue weighted by atomic mass is 15.2. The van der Waals surface area contributed by atoms with Crippen LogP contribution in [0.1, 0.15) is 64.2 Å². The van der Waals surface area contributed by atoms with Crippen molar-refractivity contribution in [1.29, 1.82) is 0 Å². The van der Waals surface area contributed by atoms with Crippen molar-refractivity contribution in [3.05, 3.63) is 0 Å². The fraction of sp³-hybridized carbons (Fsp3) is 1.00. The molecule has 0 saturated heterocycles. The molecule has 0 amide bonds. The minimum Gasteiger partial charge on any atom is -0.329 e. The van der Waals surface area contributed by atoms with E-state index in [9.17, 15) is 0 Å². The van der Waals surface area contributed by atoms with Crippen LogP contribution in [0.5, 0.6) is 0 Å². The summed E-state index contributed by atoms with van der Waals surface area (Å²) in [6.45, 7) is 0.861. The van der Waals surface area contributed by atoms with Gasteiger partial charge in [0.1, 0.15) is 0 Å². The Bertz CT molecular complexity index is 203. The summed E-state index contributed by atoms with van der Waals surface area (Å²) in [5.41, 5.74) is 6.47. The highest BCUT2D eigenvalue weighted by molar-refractivity contribution is 4.96. The van der Waals surface area contributed by atoms with Crippen LogP contribution in [0.3, 0.4) is 0 Å². The highest BCUT2D eigenvalue weighted by Gasteiger charge is 2.38. The summed E-state index contributed by atoms with van der Waals surface area (Å²) in [6, 6.07) is 0.836. The first-order valence-electron chi connectivity index (χ1n) is 7.21. The van der Waals surface area contributed by atoms with Crippen LogP contribution in [-0.2, 0) is 0 Å². The van der Waals surface area contributed by atoms with Gasteiger partial charge in [0.05, 0.1) is 0 Å². The van der Waals surface area contributed by atoms with Crippen LogP contribution < -0.4 is 5.73 Å². The van der Waals surface area contributed by atoms with E-state index < -0.39 is 0 Å². The molecule has 2 aliphatic carbocycles. The van der Waals surface area contributed by atoms with Gasteiger partial charge in [-0.2, -0.15) is 0 Å². The van der Waals surface area contributed by atoms with Gasteiger partial charge in [-0.3, -0.25) is 4.90 Å². The smallest absolute Gasteiger partial charge is 0.0331 e. The van der Waals surface area contributed by atoms with Crippen molar-refractivity contribution in [2.45, 2.75) is 75.8 Å². The van der Waals surface area contributed by atoms with Crippen molar-refractivity contribution in [3.8, 4) is 0 Å². The quantitative estimate of drug-likeness (QED) is 0.798. The molecule has 0 aromatic rings. The zero-order valence-corrected chi connectivity index (χ0v) is 10.9. The maximum Gasteiger partial charge on any atom is 0.0331 e. The number of rotatable bonds is 3. The van der Waals surface area contributed by atoms with E-state index in [1.54, 1.807) is 0 Å². The molecule has 0 atom stereocenters. The predicted octanol–water partition coefficient (Wildman–Crippen LogP) is 2.91. The summed E-state index contributed by atoms with van der Waals surface area (Å²) < 4.78 is 0. The van der Waals surface area contributed by atoms with Crippen molar-refractivity contribution in [2.24, 2.45) is 5.73 Å². The van der Waals surface area contributed by atoms with E-state index in [1.165, 1.54) is 64.2 Å². The Morgan fingerprint density at radius 1 is 1.00 bits per heavy atom. The third-order valence-electron chi connectivity index (χ3n) is 5.03. The van der Waals surface area contributed by atoms with Gasteiger partial charge in [-0.05, 0) is 32.7 Å². The first-order valence-corrected chi connectivity index (χ1v) is 7.21. The van der Waals surface area contributed by atoms with Gasteiger partial charge in [-0.15, -0.1) is 0 Å². The lowest BCUT2D eigenvalue weighted by molar-refractivity contribution is 0.0197. The molecule has 2 rings (SSSR count). The zero-order valence-electron chi connectivity index (χ0n) is 10.9. The van der Waals surface area contributed by atoms with Crippen LogP contribution in [0, 0.1) is 0 Å². The Kier molecular flexibility index (Phi) is 4.26. The first kappa shape index (κ1) is 12.4. The Balaban J connectivity index is 2.01. The van der Waals surface area contributed by atoms with Crippen LogP contribution in [0.25, 0.3) is 0 Å². The van der Waals surface area contributed by atoms with Gasteiger partial charge in [0.2, 0.25) is 0 Å². The van der Waals surface area contributed by atoms with E-state index in [1.807, 2.05) is 0 Å². The van der Waals surface area contributed by atoms with Crippen molar-refractivity contribution >= 4 is 0 Å². The molecule has 2 nitrogen and oxygen atoms in total. The van der Waals surface area contributed by atoms with Gasteiger partial charge < -0.3 is 5.73 Å². The molecule has 0 unspecified atom stereocenters. The van der Waals surface area contributed by atoms with E-state index in [4.69, 9.17) is 5.73 Å². The molecule has 94 valence electrons. The first-order chi connectivity index (χ1) is 7.78. The monoisotopic (exact) mass is 224 g/mol. The normalized spacial score (nSPS) is 27.2. The van der Waals surface area contributed by atoms with E-state index in [0.29, 0.717) is 5.54 Å². The van der Waals surface area contributed by atoms with Crippen LogP contribution in [0.4, 0.5) is 0 Å². The minimum absolute atomic E-state index is 0.339.